The lowest BCUT2D eigenvalue weighted by Crippen LogP contribution is -2.21. The molecule has 0 heterocycles. The van der Waals surface area contributed by atoms with Crippen LogP contribution < -0.4 is 9.47 Å². The maximum atomic E-state index is 11.9. The van der Waals surface area contributed by atoms with Crippen LogP contribution in [0.2, 0.25) is 0 Å². The molecule has 0 radical (unpaired) electrons. The lowest BCUT2D eigenvalue weighted by Gasteiger charge is -2.15. The molecule has 0 saturated heterocycles. The second-order valence-electron chi connectivity index (χ2n) is 2.92. The number of rotatable bonds is 3. The number of benzene rings is 1. The predicted molar refractivity (Wildman–Crippen MR) is 45.2 cm³/mol. The molecule has 1 rings (SSSR count). The number of alkyl halides is 6. The van der Waals surface area contributed by atoms with E-state index in [1.807, 2.05) is 0 Å². The summed E-state index contributed by atoms with van der Waals surface area (Å²) in [6.07, 6.45) is -10.2. The van der Waals surface area contributed by atoms with E-state index < -0.39 is 24.2 Å². The van der Waals surface area contributed by atoms with E-state index >= 15 is 0 Å². The van der Waals surface area contributed by atoms with Crippen LogP contribution in [0.3, 0.4) is 0 Å². The van der Waals surface area contributed by atoms with Crippen LogP contribution in [0.4, 0.5) is 26.3 Å². The number of aldehydes is 1. The Balaban J connectivity index is 3.12. The summed E-state index contributed by atoms with van der Waals surface area (Å²) in [5.74, 6) is -2.44. The van der Waals surface area contributed by atoms with Crippen molar-refractivity contribution in [3.05, 3.63) is 23.8 Å². The Morgan fingerprint density at radius 2 is 1.39 bits per heavy atom. The molecule has 0 aliphatic rings. The van der Waals surface area contributed by atoms with Crippen molar-refractivity contribution in [1.82, 2.24) is 0 Å². The zero-order chi connectivity index (χ0) is 14.0. The molecule has 1 aromatic carbocycles. The van der Waals surface area contributed by atoms with E-state index in [9.17, 15) is 31.1 Å². The molecule has 3 nitrogen and oxygen atoms in total. The number of carbonyl (C=O) groups is 1. The minimum absolute atomic E-state index is 0.153. The molecule has 0 fully saturated rings. The van der Waals surface area contributed by atoms with Gasteiger partial charge >= 0.3 is 12.7 Å². The van der Waals surface area contributed by atoms with Crippen LogP contribution in [0, 0.1) is 0 Å². The van der Waals surface area contributed by atoms with E-state index in [0.717, 1.165) is 6.07 Å². The van der Waals surface area contributed by atoms with Gasteiger partial charge in [-0.25, -0.2) is 0 Å². The van der Waals surface area contributed by atoms with Gasteiger partial charge in [-0.2, -0.15) is 0 Å². The highest BCUT2D eigenvalue weighted by atomic mass is 19.4. The first kappa shape index (κ1) is 14.1. The van der Waals surface area contributed by atoms with Gasteiger partial charge in [0.2, 0.25) is 0 Å². The van der Waals surface area contributed by atoms with Gasteiger partial charge in [0.1, 0.15) is 6.29 Å². The summed E-state index contributed by atoms with van der Waals surface area (Å²) in [6, 6.07) is 1.90. The third kappa shape index (κ3) is 4.52. The summed E-state index contributed by atoms with van der Waals surface area (Å²) >= 11 is 0. The number of carbonyl (C=O) groups excluding carboxylic acids is 1. The molecule has 0 spiro atoms. The van der Waals surface area contributed by atoms with Gasteiger partial charge in [-0.3, -0.25) is 4.79 Å². The molecular weight excluding hydrogens is 270 g/mol. The highest BCUT2D eigenvalue weighted by Gasteiger charge is 2.36. The molecule has 0 unspecified atom stereocenters. The summed E-state index contributed by atoms with van der Waals surface area (Å²) < 4.78 is 78.2. The third-order valence-corrected chi connectivity index (χ3v) is 1.56. The molecule has 0 bridgehead atoms. The standard InChI is InChI=1S/C9H4F6O3/c10-8(11,12)17-6-2-1-5(4-16)3-7(6)18-9(13,14)15/h1-4H. The van der Waals surface area contributed by atoms with Crippen molar-refractivity contribution in [1.29, 1.82) is 0 Å². The van der Waals surface area contributed by atoms with E-state index in [2.05, 4.69) is 9.47 Å². The van der Waals surface area contributed by atoms with E-state index in [4.69, 9.17) is 0 Å². The van der Waals surface area contributed by atoms with Gasteiger partial charge in [0.25, 0.3) is 0 Å². The van der Waals surface area contributed by atoms with Crippen LogP contribution in [-0.2, 0) is 0 Å². The Kier molecular flexibility index (Phi) is 3.73. The van der Waals surface area contributed by atoms with Crippen molar-refractivity contribution in [3.8, 4) is 11.5 Å². The molecule has 18 heavy (non-hydrogen) atoms. The van der Waals surface area contributed by atoms with Crippen LogP contribution >= 0.6 is 0 Å². The molecule has 0 N–H and O–H groups in total. The molecule has 9 heteroatoms. The van der Waals surface area contributed by atoms with Crippen molar-refractivity contribution in [3.63, 3.8) is 0 Å². The predicted octanol–water partition coefficient (Wildman–Crippen LogP) is 3.30. The van der Waals surface area contributed by atoms with E-state index in [1.54, 1.807) is 0 Å². The van der Waals surface area contributed by atoms with Crippen molar-refractivity contribution in [2.45, 2.75) is 12.7 Å². The molecule has 1 aromatic rings. The SMILES string of the molecule is O=Cc1ccc(OC(F)(F)F)c(OC(F)(F)F)c1. The summed E-state index contributed by atoms with van der Waals surface area (Å²) in [6.45, 7) is 0. The smallest absolute Gasteiger partial charge is 0.402 e. The first-order valence-corrected chi connectivity index (χ1v) is 4.21. The van der Waals surface area contributed by atoms with Crippen molar-refractivity contribution in [2.75, 3.05) is 0 Å². The first-order valence-electron chi connectivity index (χ1n) is 4.21. The highest BCUT2D eigenvalue weighted by Crippen LogP contribution is 2.35. The lowest BCUT2D eigenvalue weighted by atomic mass is 10.2. The average Bonchev–Trinajstić information content (AvgIpc) is 2.16. The fourth-order valence-electron chi connectivity index (χ4n) is 1.01. The third-order valence-electron chi connectivity index (χ3n) is 1.56. The molecule has 100 valence electrons. The van der Waals surface area contributed by atoms with E-state index in [0.29, 0.717) is 12.1 Å². The summed E-state index contributed by atoms with van der Waals surface area (Å²) in [7, 11) is 0. The van der Waals surface area contributed by atoms with Crippen molar-refractivity contribution >= 4 is 6.29 Å². The number of hydrogen-bond acceptors (Lipinski definition) is 3. The largest absolute Gasteiger partial charge is 0.573 e. The number of hydrogen-bond donors (Lipinski definition) is 0. The first-order chi connectivity index (χ1) is 8.11. The maximum absolute atomic E-state index is 11.9. The van der Waals surface area contributed by atoms with Crippen LogP contribution in [0.25, 0.3) is 0 Å². The Morgan fingerprint density at radius 3 is 1.83 bits per heavy atom. The summed E-state index contributed by atoms with van der Waals surface area (Å²) in [5, 5.41) is 0. The van der Waals surface area contributed by atoms with Gasteiger partial charge in [0.05, 0.1) is 0 Å². The van der Waals surface area contributed by atoms with Gasteiger partial charge in [-0.05, 0) is 18.2 Å². The molecular formula is C9H4F6O3. The molecule has 0 aromatic heterocycles. The topological polar surface area (TPSA) is 35.5 Å². The highest BCUT2D eigenvalue weighted by molar-refractivity contribution is 5.76. The van der Waals surface area contributed by atoms with Crippen molar-refractivity contribution in [2.24, 2.45) is 0 Å². The zero-order valence-corrected chi connectivity index (χ0v) is 8.30. The molecule has 0 aliphatic heterocycles. The molecule has 0 atom stereocenters. The van der Waals surface area contributed by atoms with Crippen LogP contribution in [0.1, 0.15) is 10.4 Å². The van der Waals surface area contributed by atoms with Gasteiger partial charge in [-0.15, -0.1) is 26.3 Å². The van der Waals surface area contributed by atoms with Crippen LogP contribution in [0.5, 0.6) is 11.5 Å². The van der Waals surface area contributed by atoms with Gasteiger partial charge in [-0.1, -0.05) is 0 Å². The van der Waals surface area contributed by atoms with Gasteiger partial charge < -0.3 is 9.47 Å². The minimum Gasteiger partial charge on any atom is -0.402 e. The molecule has 0 aliphatic carbocycles. The van der Waals surface area contributed by atoms with Gasteiger partial charge in [0.15, 0.2) is 11.5 Å². The normalized spacial score (nSPS) is 12.1. The Hall–Kier alpha value is -1.93. The second-order valence-corrected chi connectivity index (χ2v) is 2.92. The minimum atomic E-state index is -5.20. The van der Waals surface area contributed by atoms with E-state index in [1.165, 1.54) is 0 Å². The summed E-state index contributed by atoms with van der Waals surface area (Å²) in [5.41, 5.74) is -0.288. The average molecular weight is 274 g/mol. The number of halogens is 6. The maximum Gasteiger partial charge on any atom is 0.573 e. The van der Waals surface area contributed by atoms with Crippen LogP contribution in [-0.4, -0.2) is 19.0 Å². The monoisotopic (exact) mass is 274 g/mol. The Labute approximate surface area is 95.9 Å². The van der Waals surface area contributed by atoms with Crippen molar-refractivity contribution < 1.29 is 40.6 Å². The zero-order valence-electron chi connectivity index (χ0n) is 8.30. The second kappa shape index (κ2) is 4.75. The van der Waals surface area contributed by atoms with E-state index in [-0.39, 0.29) is 11.8 Å². The van der Waals surface area contributed by atoms with Gasteiger partial charge in [0, 0.05) is 5.56 Å². The fourth-order valence-corrected chi connectivity index (χ4v) is 1.01. The molecule has 0 amide bonds. The summed E-state index contributed by atoms with van der Waals surface area (Å²) in [4.78, 5) is 10.3. The Bertz CT molecular complexity index is 437. The lowest BCUT2D eigenvalue weighted by molar-refractivity contribution is -0.287. The number of ether oxygens (including phenoxy) is 2. The quantitative estimate of drug-likeness (QED) is 0.626. The van der Waals surface area contributed by atoms with Crippen LogP contribution in [0.15, 0.2) is 18.2 Å². The Morgan fingerprint density at radius 1 is 0.889 bits per heavy atom. The molecule has 0 saturated carbocycles. The fraction of sp³-hybridized carbons (Fsp3) is 0.222.